The van der Waals surface area contributed by atoms with Crippen molar-refractivity contribution >= 4 is 55.0 Å². The number of hydrogen-bond donors (Lipinski definition) is 1. The number of ether oxygens (including phenoxy) is 3. The van der Waals surface area contributed by atoms with E-state index >= 15 is 0 Å². The average Bonchev–Trinajstić information content (AvgIpc) is 3.68. The topological polar surface area (TPSA) is 164 Å². The third-order valence-corrected chi connectivity index (χ3v) is 11.4. The molecule has 0 spiro atoms. The number of para-hydroxylation sites is 2. The van der Waals surface area contributed by atoms with Crippen LogP contribution in [0.4, 0.5) is 22.1 Å². The third kappa shape index (κ3) is 12.6. The van der Waals surface area contributed by atoms with Gasteiger partial charge in [0.2, 0.25) is 18.4 Å². The molecular formula is C45H55N8O8P. The number of nitrogens with one attached hydrogen (secondary N) is 1. The maximum absolute atomic E-state index is 14.2. The Bertz CT molecular complexity index is 2210. The summed E-state index contributed by atoms with van der Waals surface area (Å²) in [4.78, 5) is 59.2. The molecule has 2 amide bonds. The van der Waals surface area contributed by atoms with Crippen molar-refractivity contribution in [2.75, 3.05) is 36.6 Å². The molecule has 3 atom stereocenters. The molecule has 0 saturated carbocycles. The van der Waals surface area contributed by atoms with Gasteiger partial charge in [-0.25, -0.2) is 30.7 Å². The lowest BCUT2D eigenvalue weighted by molar-refractivity contribution is -0.118. The van der Waals surface area contributed by atoms with Crippen molar-refractivity contribution in [3.05, 3.63) is 114 Å². The molecule has 0 radical (unpaired) electrons. The Morgan fingerprint density at radius 2 is 1.40 bits per heavy atom. The number of imidazole rings is 1. The summed E-state index contributed by atoms with van der Waals surface area (Å²) in [5, 5.41) is 2.72. The van der Waals surface area contributed by atoms with Crippen LogP contribution in [0.2, 0.25) is 0 Å². The van der Waals surface area contributed by atoms with Crippen LogP contribution in [-0.4, -0.2) is 86.7 Å². The van der Waals surface area contributed by atoms with Crippen molar-refractivity contribution in [1.82, 2.24) is 24.2 Å². The Morgan fingerprint density at radius 3 is 1.95 bits per heavy atom. The highest BCUT2D eigenvalue weighted by Gasteiger charge is 2.32. The molecular weight excluding hydrogens is 812 g/mol. The van der Waals surface area contributed by atoms with Gasteiger partial charge in [0.05, 0.1) is 36.0 Å². The van der Waals surface area contributed by atoms with Gasteiger partial charge in [0.1, 0.15) is 13.2 Å². The van der Waals surface area contributed by atoms with Crippen LogP contribution >= 0.6 is 8.53 Å². The molecule has 0 aliphatic rings. The van der Waals surface area contributed by atoms with Crippen LogP contribution < -0.4 is 15.0 Å². The Kier molecular flexibility index (Phi) is 17.4. The first-order chi connectivity index (χ1) is 29.8. The number of aromatic nitrogens is 4. The van der Waals surface area contributed by atoms with E-state index in [0.29, 0.717) is 16.9 Å². The van der Waals surface area contributed by atoms with Gasteiger partial charge in [0.15, 0.2) is 17.4 Å². The zero-order chi connectivity index (χ0) is 44.8. The number of benzene rings is 3. The third-order valence-electron chi connectivity index (χ3n) is 9.30. The second kappa shape index (κ2) is 22.9. The van der Waals surface area contributed by atoms with Crippen molar-refractivity contribution in [2.24, 2.45) is 11.8 Å². The van der Waals surface area contributed by atoms with Crippen molar-refractivity contribution in [2.45, 2.75) is 79.8 Å². The van der Waals surface area contributed by atoms with Crippen molar-refractivity contribution in [3.63, 3.8) is 0 Å². The fourth-order valence-corrected chi connectivity index (χ4v) is 7.76. The van der Waals surface area contributed by atoms with E-state index < -0.39 is 38.8 Å². The fraction of sp³-hybridized carbons (Fsp3) is 0.400. The Labute approximate surface area is 364 Å². The van der Waals surface area contributed by atoms with Gasteiger partial charge in [0.25, 0.3) is 14.4 Å². The molecule has 5 aromatic rings. The summed E-state index contributed by atoms with van der Waals surface area (Å²) in [6.45, 7) is 23.0. The first-order valence-corrected chi connectivity index (χ1v) is 21.6. The monoisotopic (exact) mass is 866 g/mol. The van der Waals surface area contributed by atoms with Gasteiger partial charge < -0.3 is 28.1 Å². The second-order valence-electron chi connectivity index (χ2n) is 15.3. The molecule has 3 aromatic carbocycles. The molecule has 0 saturated heterocycles. The molecule has 1 N–H and O–H groups in total. The van der Waals surface area contributed by atoms with Gasteiger partial charge in [-0.05, 0) is 70.0 Å². The lowest BCUT2D eigenvalue weighted by atomic mass is 10.1. The first kappa shape index (κ1) is 47.2. The quantitative estimate of drug-likeness (QED) is 0.0322. The standard InChI is InChI=1S/C45H55N8O8P/c1-30(2)37(27-59-62(58-26-25-46-9)53(32(5)6)33(7)8)60-38(28-57-43(55)34-19-13-10-14-20-34)51-29-47-39-40(51)48-44(49-41(54)31(3)4)50-42(39)61-45(56)52(35-21-15-11-16-22-35)36-23-17-12-18-24-36/h10-24,29-33,37-38H,25-28H2,1-8H3,(H,48,49,50,54)/t37-,38+,62?/m0/s1. The van der Waals surface area contributed by atoms with Crippen molar-refractivity contribution < 1.29 is 37.6 Å². The lowest BCUT2D eigenvalue weighted by Crippen LogP contribution is -2.36. The SMILES string of the molecule is [C-]#[N+]CCOP(OC[C@H](O[C@H](COC(=O)c1ccccc1)n1cnc2c(OC(=O)N(c3ccccc3)c3ccccc3)nc(NC(=O)C(C)C)nc21)C(C)C)N(C(C)C)C(C)C. The summed E-state index contributed by atoms with van der Waals surface area (Å²) in [5.41, 5.74) is 1.60. The number of carbonyl (C=O) groups excluding carboxylic acids is 3. The van der Waals surface area contributed by atoms with Crippen LogP contribution in [0, 0.1) is 18.4 Å². The highest BCUT2D eigenvalue weighted by Crippen LogP contribution is 2.46. The van der Waals surface area contributed by atoms with E-state index in [0.717, 1.165) is 0 Å². The highest BCUT2D eigenvalue weighted by molar-refractivity contribution is 7.44. The number of anilines is 3. The van der Waals surface area contributed by atoms with Crippen LogP contribution in [0.3, 0.4) is 0 Å². The molecule has 1 unspecified atom stereocenters. The van der Waals surface area contributed by atoms with E-state index in [4.69, 9.17) is 29.8 Å². The molecule has 0 aliphatic heterocycles. The second-order valence-corrected chi connectivity index (χ2v) is 16.8. The minimum absolute atomic E-state index is 0.0727. The summed E-state index contributed by atoms with van der Waals surface area (Å²) in [6, 6.07) is 26.7. The number of carbonyl (C=O) groups is 3. The molecule has 62 heavy (non-hydrogen) atoms. The summed E-state index contributed by atoms with van der Waals surface area (Å²) >= 11 is 0. The molecule has 2 aromatic heterocycles. The van der Waals surface area contributed by atoms with Crippen LogP contribution in [0.1, 0.15) is 72.0 Å². The summed E-state index contributed by atoms with van der Waals surface area (Å²) < 4.78 is 35.1. The van der Waals surface area contributed by atoms with E-state index in [2.05, 4.69) is 57.5 Å². The molecule has 16 nitrogen and oxygen atoms in total. The predicted octanol–water partition coefficient (Wildman–Crippen LogP) is 9.45. The van der Waals surface area contributed by atoms with E-state index in [1.807, 2.05) is 26.0 Å². The van der Waals surface area contributed by atoms with Gasteiger partial charge >= 0.3 is 12.1 Å². The minimum atomic E-state index is -1.60. The average molecular weight is 867 g/mol. The number of rotatable bonds is 21. The van der Waals surface area contributed by atoms with E-state index in [-0.39, 0.29) is 73.3 Å². The lowest BCUT2D eigenvalue weighted by Gasteiger charge is -2.36. The summed E-state index contributed by atoms with van der Waals surface area (Å²) in [6.07, 6.45) is -1.04. The zero-order valence-corrected chi connectivity index (χ0v) is 37.3. The normalized spacial score (nSPS) is 13.0. The van der Waals surface area contributed by atoms with Gasteiger partial charge in [-0.3, -0.25) is 14.7 Å². The largest absolute Gasteiger partial charge is 0.457 e. The predicted molar refractivity (Wildman–Crippen MR) is 238 cm³/mol. The maximum atomic E-state index is 14.2. The van der Waals surface area contributed by atoms with Crippen molar-refractivity contribution in [3.8, 4) is 5.88 Å². The van der Waals surface area contributed by atoms with E-state index in [1.165, 1.54) is 11.2 Å². The molecule has 0 aliphatic carbocycles. The number of nitrogens with zero attached hydrogens (tertiary/aromatic N) is 7. The highest BCUT2D eigenvalue weighted by atomic mass is 31.2. The van der Waals surface area contributed by atoms with Crippen LogP contribution in [0.15, 0.2) is 97.3 Å². The molecule has 328 valence electrons. The fourth-order valence-electron chi connectivity index (χ4n) is 6.15. The smallest absolute Gasteiger partial charge is 0.425 e. The van der Waals surface area contributed by atoms with Crippen LogP contribution in [0.5, 0.6) is 5.88 Å². The van der Waals surface area contributed by atoms with Crippen LogP contribution in [0.25, 0.3) is 16.0 Å². The Morgan fingerprint density at radius 1 is 0.806 bits per heavy atom. The molecule has 2 heterocycles. The molecule has 17 heteroatoms. The number of amides is 2. The van der Waals surface area contributed by atoms with Crippen molar-refractivity contribution in [1.29, 1.82) is 0 Å². The van der Waals surface area contributed by atoms with Gasteiger partial charge in [-0.2, -0.15) is 9.97 Å². The van der Waals surface area contributed by atoms with Gasteiger partial charge in [0, 0.05) is 18.0 Å². The molecule has 0 bridgehead atoms. The summed E-state index contributed by atoms with van der Waals surface area (Å²) in [5.74, 6) is -1.91. The minimum Gasteiger partial charge on any atom is -0.457 e. The summed E-state index contributed by atoms with van der Waals surface area (Å²) in [7, 11) is -1.60. The number of fused-ring (bicyclic) bond motifs is 1. The zero-order valence-electron chi connectivity index (χ0n) is 36.4. The van der Waals surface area contributed by atoms with Crippen LogP contribution in [-0.2, 0) is 23.3 Å². The number of esters is 1. The van der Waals surface area contributed by atoms with E-state index in [1.54, 1.807) is 97.3 Å². The maximum Gasteiger partial charge on any atom is 0.425 e. The molecule has 0 fully saturated rings. The Hall–Kier alpha value is -5.82. The van der Waals surface area contributed by atoms with Gasteiger partial charge in [-0.1, -0.05) is 82.3 Å². The first-order valence-electron chi connectivity index (χ1n) is 20.5. The van der Waals surface area contributed by atoms with Gasteiger partial charge in [-0.15, -0.1) is 0 Å². The van der Waals surface area contributed by atoms with E-state index in [9.17, 15) is 14.4 Å². The number of hydrogen-bond acceptors (Lipinski definition) is 12. The Balaban J connectivity index is 1.56. The molecule has 5 rings (SSSR count).